The van der Waals surface area contributed by atoms with Crippen LogP contribution in [-0.2, 0) is 7.80 Å². The number of rotatable bonds is 4. The van der Waals surface area contributed by atoms with Crippen LogP contribution in [0.15, 0.2) is 0 Å². The van der Waals surface area contributed by atoms with Gasteiger partial charge in [-0.1, -0.05) is 0 Å². The van der Waals surface area contributed by atoms with Gasteiger partial charge in [-0.05, 0) is 12.8 Å². The van der Waals surface area contributed by atoms with Gasteiger partial charge in [0.15, 0.2) is 0 Å². The third-order valence-corrected chi connectivity index (χ3v) is 2.79. The van der Waals surface area contributed by atoms with E-state index in [1.165, 1.54) is 0 Å². The number of piperidine rings is 1. The average molecular weight is 285 g/mol. The van der Waals surface area contributed by atoms with Gasteiger partial charge >= 0.3 is 0 Å². The molecule has 0 aromatic rings. The zero-order valence-corrected chi connectivity index (χ0v) is 9.62. The monoisotopic (exact) mass is 285 g/mol. The molecule has 12 heavy (non-hydrogen) atoms. The third kappa shape index (κ3) is 3.55. The molecule has 3 nitrogen and oxygen atoms in total. The maximum atomic E-state index is 5.28. The van der Waals surface area contributed by atoms with Gasteiger partial charge in [0.05, 0.1) is 12.7 Å². The highest BCUT2D eigenvalue weighted by Crippen LogP contribution is 2.12. The quantitative estimate of drug-likeness (QED) is 0.730. The number of methoxy groups -OCH3 is 1. The van der Waals surface area contributed by atoms with Gasteiger partial charge in [-0.25, -0.2) is 0 Å². The van der Waals surface area contributed by atoms with Crippen LogP contribution in [0.2, 0.25) is 0 Å². The minimum atomic E-state index is 0.488. The van der Waals surface area contributed by atoms with E-state index in [1.807, 2.05) is 23.0 Å². The molecule has 0 N–H and O–H groups in total. The van der Waals surface area contributed by atoms with E-state index in [0.29, 0.717) is 6.10 Å². The third-order valence-electron chi connectivity index (χ3n) is 2.35. The highest BCUT2D eigenvalue weighted by Gasteiger charge is 2.17. The van der Waals surface area contributed by atoms with Gasteiger partial charge in [-0.3, -0.25) is 0 Å². The molecule has 0 saturated carbocycles. The standard InChI is InChI=1S/C8H16INO2/c1-11-8-2-4-10(5-3-8)6-7-12-9/h8H,2-7H2,1H3. The Morgan fingerprint density at radius 3 is 2.58 bits per heavy atom. The molecule has 0 unspecified atom stereocenters. The fourth-order valence-electron chi connectivity index (χ4n) is 1.53. The summed E-state index contributed by atoms with van der Waals surface area (Å²) in [6, 6.07) is 0. The number of ether oxygens (including phenoxy) is 1. The van der Waals surface area contributed by atoms with Crippen molar-refractivity contribution < 1.29 is 7.80 Å². The van der Waals surface area contributed by atoms with Crippen LogP contribution >= 0.6 is 23.0 Å². The number of halogens is 1. The molecule has 1 fully saturated rings. The topological polar surface area (TPSA) is 21.7 Å². The first-order chi connectivity index (χ1) is 5.86. The number of nitrogens with zero attached hydrogens (tertiary/aromatic N) is 1. The highest BCUT2D eigenvalue weighted by molar-refractivity contribution is 14.1. The summed E-state index contributed by atoms with van der Waals surface area (Å²) in [4.78, 5) is 2.42. The molecule has 1 rings (SSSR count). The lowest BCUT2D eigenvalue weighted by molar-refractivity contribution is 0.0389. The van der Waals surface area contributed by atoms with Crippen molar-refractivity contribution in [2.75, 3.05) is 33.4 Å². The Kier molecular flexibility index (Phi) is 5.45. The Morgan fingerprint density at radius 2 is 2.08 bits per heavy atom. The van der Waals surface area contributed by atoms with Gasteiger partial charge < -0.3 is 12.7 Å². The van der Waals surface area contributed by atoms with Crippen molar-refractivity contribution in [3.8, 4) is 0 Å². The molecular formula is C8H16INO2. The predicted octanol–water partition coefficient (Wildman–Crippen LogP) is 1.46. The summed E-state index contributed by atoms with van der Waals surface area (Å²) in [6.07, 6.45) is 2.82. The zero-order chi connectivity index (χ0) is 8.81. The van der Waals surface area contributed by atoms with E-state index in [4.69, 9.17) is 7.80 Å². The second-order valence-electron chi connectivity index (χ2n) is 3.09. The Balaban J connectivity index is 2.09. The smallest absolute Gasteiger partial charge is 0.109 e. The molecule has 0 aromatic carbocycles. The van der Waals surface area contributed by atoms with Crippen LogP contribution in [0.25, 0.3) is 0 Å². The summed E-state index contributed by atoms with van der Waals surface area (Å²) in [5.74, 6) is 0. The molecular weight excluding hydrogens is 269 g/mol. The zero-order valence-electron chi connectivity index (χ0n) is 7.46. The highest BCUT2D eigenvalue weighted by atomic mass is 127. The van der Waals surface area contributed by atoms with E-state index in [0.717, 1.165) is 39.1 Å². The number of hydrogen-bond donors (Lipinski definition) is 0. The maximum Gasteiger partial charge on any atom is 0.109 e. The van der Waals surface area contributed by atoms with Gasteiger partial charge in [0.2, 0.25) is 0 Å². The van der Waals surface area contributed by atoms with Crippen molar-refractivity contribution in [3.63, 3.8) is 0 Å². The van der Waals surface area contributed by atoms with E-state index in [-0.39, 0.29) is 0 Å². The van der Waals surface area contributed by atoms with E-state index in [2.05, 4.69) is 4.90 Å². The second-order valence-corrected chi connectivity index (χ2v) is 3.71. The molecule has 1 heterocycles. The molecule has 0 radical (unpaired) electrons. The van der Waals surface area contributed by atoms with Crippen LogP contribution < -0.4 is 0 Å². The van der Waals surface area contributed by atoms with Crippen LogP contribution in [0, 0.1) is 0 Å². The molecule has 0 aliphatic carbocycles. The van der Waals surface area contributed by atoms with Gasteiger partial charge in [-0.15, -0.1) is 0 Å². The predicted molar refractivity (Wildman–Crippen MR) is 56.4 cm³/mol. The molecule has 0 amide bonds. The molecule has 0 bridgehead atoms. The van der Waals surface area contributed by atoms with Gasteiger partial charge in [0.25, 0.3) is 0 Å². The van der Waals surface area contributed by atoms with E-state index in [9.17, 15) is 0 Å². The first-order valence-corrected chi connectivity index (χ1v) is 5.23. The second kappa shape index (κ2) is 6.12. The number of likely N-dealkylation sites (tertiary alicyclic amines) is 1. The molecule has 1 aliphatic rings. The molecule has 0 spiro atoms. The lowest BCUT2D eigenvalue weighted by atomic mass is 10.1. The average Bonchev–Trinajstić information content (AvgIpc) is 2.15. The minimum absolute atomic E-state index is 0.488. The Morgan fingerprint density at radius 1 is 1.42 bits per heavy atom. The van der Waals surface area contributed by atoms with Crippen LogP contribution in [0.3, 0.4) is 0 Å². The Hall–Kier alpha value is 0.610. The molecule has 0 aromatic heterocycles. The van der Waals surface area contributed by atoms with Gasteiger partial charge in [0, 0.05) is 26.7 Å². The maximum absolute atomic E-state index is 5.28. The Labute approximate surface area is 88.1 Å². The molecule has 72 valence electrons. The normalized spacial score (nSPS) is 21.5. The van der Waals surface area contributed by atoms with E-state index >= 15 is 0 Å². The first-order valence-electron chi connectivity index (χ1n) is 4.35. The van der Waals surface area contributed by atoms with Crippen LogP contribution in [0.1, 0.15) is 12.8 Å². The Bertz CT molecular complexity index is 116. The van der Waals surface area contributed by atoms with Crippen LogP contribution in [0.4, 0.5) is 0 Å². The largest absolute Gasteiger partial charge is 0.381 e. The summed E-state index contributed by atoms with van der Waals surface area (Å²) in [7, 11) is 1.80. The van der Waals surface area contributed by atoms with E-state index < -0.39 is 0 Å². The summed E-state index contributed by atoms with van der Waals surface area (Å²) >= 11 is 1.94. The summed E-state index contributed by atoms with van der Waals surface area (Å²) in [5.41, 5.74) is 0. The van der Waals surface area contributed by atoms with Gasteiger partial charge in [-0.2, -0.15) is 0 Å². The van der Waals surface area contributed by atoms with Crippen LogP contribution in [0.5, 0.6) is 0 Å². The van der Waals surface area contributed by atoms with Crippen LogP contribution in [-0.4, -0.2) is 44.4 Å². The molecule has 1 aliphatic heterocycles. The van der Waals surface area contributed by atoms with E-state index in [1.54, 1.807) is 7.11 Å². The fourth-order valence-corrected chi connectivity index (χ4v) is 1.73. The van der Waals surface area contributed by atoms with Crippen molar-refractivity contribution in [1.29, 1.82) is 0 Å². The van der Waals surface area contributed by atoms with Crippen molar-refractivity contribution >= 4 is 23.0 Å². The van der Waals surface area contributed by atoms with Crippen molar-refractivity contribution in [2.24, 2.45) is 0 Å². The fraction of sp³-hybridized carbons (Fsp3) is 1.00. The lowest BCUT2D eigenvalue weighted by Crippen LogP contribution is -2.38. The first kappa shape index (κ1) is 10.7. The summed E-state index contributed by atoms with van der Waals surface area (Å²) in [5, 5.41) is 0. The summed E-state index contributed by atoms with van der Waals surface area (Å²) < 4.78 is 10.3. The lowest BCUT2D eigenvalue weighted by Gasteiger charge is -2.30. The molecule has 0 atom stereocenters. The number of hydrogen-bond acceptors (Lipinski definition) is 3. The van der Waals surface area contributed by atoms with Gasteiger partial charge in [0.1, 0.15) is 23.0 Å². The summed E-state index contributed by atoms with van der Waals surface area (Å²) in [6.45, 7) is 4.19. The van der Waals surface area contributed by atoms with Crippen molar-refractivity contribution in [2.45, 2.75) is 18.9 Å². The van der Waals surface area contributed by atoms with Crippen molar-refractivity contribution in [3.05, 3.63) is 0 Å². The molecule has 1 saturated heterocycles. The van der Waals surface area contributed by atoms with Crippen molar-refractivity contribution in [1.82, 2.24) is 4.90 Å². The minimum Gasteiger partial charge on any atom is -0.381 e. The molecule has 4 heteroatoms. The SMILES string of the molecule is COC1CCN(CCOI)CC1.